The Morgan fingerprint density at radius 2 is 2.06 bits per heavy atom. The van der Waals surface area contributed by atoms with Crippen LogP contribution in [0.3, 0.4) is 0 Å². The molecule has 18 heavy (non-hydrogen) atoms. The zero-order valence-corrected chi connectivity index (χ0v) is 10.6. The number of nitrogens with one attached hydrogen (secondary N) is 1. The van der Waals surface area contributed by atoms with Crippen molar-refractivity contribution in [2.45, 2.75) is 44.6 Å². The summed E-state index contributed by atoms with van der Waals surface area (Å²) in [6.07, 6.45) is 4.35. The largest absolute Gasteiger partial charge is 0.352 e. The number of carbonyl (C=O) groups is 1. The molecule has 1 aliphatic heterocycles. The molecule has 3 atom stereocenters. The lowest BCUT2D eigenvalue weighted by Crippen LogP contribution is -2.51. The van der Waals surface area contributed by atoms with E-state index < -0.39 is 0 Å². The Morgan fingerprint density at radius 1 is 1.33 bits per heavy atom. The van der Waals surface area contributed by atoms with Crippen molar-refractivity contribution in [1.29, 1.82) is 0 Å². The molecule has 0 radical (unpaired) electrons. The van der Waals surface area contributed by atoms with Crippen LogP contribution < -0.4 is 5.32 Å². The molecule has 0 aromatic heterocycles. The number of amides is 1. The fourth-order valence-corrected chi connectivity index (χ4v) is 3.52. The van der Waals surface area contributed by atoms with E-state index in [9.17, 15) is 9.18 Å². The number of fused-ring (bicyclic) bond motifs is 1. The summed E-state index contributed by atoms with van der Waals surface area (Å²) in [5.41, 5.74) is 1.15. The van der Waals surface area contributed by atoms with E-state index in [0.29, 0.717) is 6.04 Å². The van der Waals surface area contributed by atoms with Crippen LogP contribution in [-0.4, -0.2) is 11.9 Å². The standard InChI is InChI=1S/C15H18FNO/c1-15-8-2-3-13(15)17-14(18)12(9-15)10-4-6-11(16)7-5-10/h4-7,12-13H,2-3,8-9H2,1H3,(H,17,18)/t12?,13-,15-/m0/s1. The van der Waals surface area contributed by atoms with Crippen LogP contribution in [0, 0.1) is 11.2 Å². The highest BCUT2D eigenvalue weighted by atomic mass is 19.1. The van der Waals surface area contributed by atoms with Crippen LogP contribution in [0.15, 0.2) is 24.3 Å². The van der Waals surface area contributed by atoms with Gasteiger partial charge >= 0.3 is 0 Å². The number of benzene rings is 1. The van der Waals surface area contributed by atoms with Gasteiger partial charge in [0.15, 0.2) is 0 Å². The van der Waals surface area contributed by atoms with Crippen molar-refractivity contribution in [3.63, 3.8) is 0 Å². The van der Waals surface area contributed by atoms with Crippen molar-refractivity contribution in [3.05, 3.63) is 35.6 Å². The summed E-state index contributed by atoms with van der Waals surface area (Å²) in [6.45, 7) is 2.26. The second kappa shape index (κ2) is 4.08. The lowest BCUT2D eigenvalue weighted by atomic mass is 9.71. The second-order valence-electron chi connectivity index (χ2n) is 5.92. The fraction of sp³-hybridized carbons (Fsp3) is 0.533. The van der Waals surface area contributed by atoms with E-state index >= 15 is 0 Å². The minimum absolute atomic E-state index is 0.103. The molecule has 1 aliphatic carbocycles. The quantitative estimate of drug-likeness (QED) is 0.812. The molecule has 1 heterocycles. The van der Waals surface area contributed by atoms with Gasteiger partial charge in [-0.05, 0) is 42.4 Å². The van der Waals surface area contributed by atoms with Gasteiger partial charge in [0.05, 0.1) is 5.92 Å². The average Bonchev–Trinajstić information content (AvgIpc) is 2.71. The van der Waals surface area contributed by atoms with Gasteiger partial charge in [-0.15, -0.1) is 0 Å². The highest BCUT2D eigenvalue weighted by Crippen LogP contribution is 2.47. The zero-order valence-electron chi connectivity index (χ0n) is 10.6. The molecule has 1 aromatic carbocycles. The van der Waals surface area contributed by atoms with Gasteiger partial charge in [-0.25, -0.2) is 4.39 Å². The minimum Gasteiger partial charge on any atom is -0.352 e. The Hall–Kier alpha value is -1.38. The van der Waals surface area contributed by atoms with Crippen LogP contribution in [0.5, 0.6) is 0 Å². The summed E-state index contributed by atoms with van der Waals surface area (Å²) >= 11 is 0. The van der Waals surface area contributed by atoms with E-state index in [0.717, 1.165) is 18.4 Å². The van der Waals surface area contributed by atoms with Gasteiger partial charge in [0.25, 0.3) is 0 Å². The van der Waals surface area contributed by atoms with Gasteiger partial charge < -0.3 is 5.32 Å². The van der Waals surface area contributed by atoms with Crippen molar-refractivity contribution in [1.82, 2.24) is 5.32 Å². The maximum absolute atomic E-state index is 12.9. The molecule has 0 spiro atoms. The first-order valence-corrected chi connectivity index (χ1v) is 6.64. The zero-order chi connectivity index (χ0) is 12.8. The van der Waals surface area contributed by atoms with E-state index in [-0.39, 0.29) is 23.1 Å². The van der Waals surface area contributed by atoms with Crippen LogP contribution >= 0.6 is 0 Å². The molecule has 1 amide bonds. The van der Waals surface area contributed by atoms with Gasteiger partial charge in [0.2, 0.25) is 5.91 Å². The molecule has 0 bridgehead atoms. The fourth-order valence-electron chi connectivity index (χ4n) is 3.52. The predicted molar refractivity (Wildman–Crippen MR) is 67.6 cm³/mol. The van der Waals surface area contributed by atoms with Crippen LogP contribution in [0.2, 0.25) is 0 Å². The van der Waals surface area contributed by atoms with Gasteiger partial charge in [0, 0.05) is 6.04 Å². The average molecular weight is 247 g/mol. The van der Waals surface area contributed by atoms with Crippen LogP contribution in [-0.2, 0) is 4.79 Å². The molecule has 3 rings (SSSR count). The third-order valence-corrected chi connectivity index (χ3v) is 4.66. The van der Waals surface area contributed by atoms with Gasteiger partial charge in [0.1, 0.15) is 5.82 Å². The summed E-state index contributed by atoms with van der Waals surface area (Å²) in [7, 11) is 0. The van der Waals surface area contributed by atoms with Crippen molar-refractivity contribution in [2.24, 2.45) is 5.41 Å². The topological polar surface area (TPSA) is 29.1 Å². The number of piperidine rings is 1. The summed E-state index contributed by atoms with van der Waals surface area (Å²) in [6, 6.07) is 6.68. The molecule has 2 fully saturated rings. The van der Waals surface area contributed by atoms with Crippen molar-refractivity contribution < 1.29 is 9.18 Å². The van der Waals surface area contributed by atoms with Crippen molar-refractivity contribution >= 4 is 5.91 Å². The highest BCUT2D eigenvalue weighted by Gasteiger charge is 2.46. The molecule has 1 aromatic rings. The molecule has 1 saturated heterocycles. The molecule has 1 N–H and O–H groups in total. The number of hydrogen-bond acceptors (Lipinski definition) is 1. The number of carbonyl (C=O) groups excluding carboxylic acids is 1. The summed E-state index contributed by atoms with van der Waals surface area (Å²) in [4.78, 5) is 12.2. The van der Waals surface area contributed by atoms with E-state index in [2.05, 4.69) is 12.2 Å². The Bertz CT molecular complexity index is 470. The third-order valence-electron chi connectivity index (χ3n) is 4.66. The second-order valence-corrected chi connectivity index (χ2v) is 5.92. The summed E-state index contributed by atoms with van der Waals surface area (Å²) in [5, 5.41) is 3.15. The van der Waals surface area contributed by atoms with E-state index in [1.807, 2.05) is 0 Å². The first kappa shape index (κ1) is 11.7. The molecule has 2 nitrogen and oxygen atoms in total. The Balaban J connectivity index is 1.88. The first-order chi connectivity index (χ1) is 8.58. The maximum atomic E-state index is 12.9. The number of halogens is 1. The lowest BCUT2D eigenvalue weighted by molar-refractivity contribution is -0.127. The van der Waals surface area contributed by atoms with Gasteiger partial charge in [-0.2, -0.15) is 0 Å². The lowest BCUT2D eigenvalue weighted by Gasteiger charge is -2.40. The minimum atomic E-state index is -0.250. The van der Waals surface area contributed by atoms with Crippen molar-refractivity contribution in [2.75, 3.05) is 0 Å². The SMILES string of the molecule is C[C@@]12CCC[C@@H]1NC(=O)C(c1ccc(F)cc1)C2. The summed E-state index contributed by atoms with van der Waals surface area (Å²) < 4.78 is 12.9. The van der Waals surface area contributed by atoms with E-state index in [4.69, 9.17) is 0 Å². The molecule has 2 aliphatic rings. The van der Waals surface area contributed by atoms with Crippen molar-refractivity contribution in [3.8, 4) is 0 Å². The van der Waals surface area contributed by atoms with Crippen LogP contribution in [0.4, 0.5) is 4.39 Å². The molecule has 96 valence electrons. The molecule has 3 heteroatoms. The molecular weight excluding hydrogens is 229 g/mol. The van der Waals surface area contributed by atoms with Gasteiger partial charge in [-0.1, -0.05) is 25.5 Å². The monoisotopic (exact) mass is 247 g/mol. The van der Waals surface area contributed by atoms with Gasteiger partial charge in [-0.3, -0.25) is 4.79 Å². The molecule has 1 saturated carbocycles. The Kier molecular flexibility index (Phi) is 2.65. The number of rotatable bonds is 1. The smallest absolute Gasteiger partial charge is 0.227 e. The van der Waals surface area contributed by atoms with Crippen LogP contribution in [0.25, 0.3) is 0 Å². The summed E-state index contributed by atoms with van der Waals surface area (Å²) in [5.74, 6) is -0.268. The normalized spacial score (nSPS) is 35.1. The Morgan fingerprint density at radius 3 is 2.78 bits per heavy atom. The Labute approximate surface area is 107 Å². The van der Waals surface area contributed by atoms with E-state index in [1.54, 1.807) is 12.1 Å². The predicted octanol–water partition coefficient (Wildman–Crippen LogP) is 2.99. The number of hydrogen-bond donors (Lipinski definition) is 1. The maximum Gasteiger partial charge on any atom is 0.227 e. The highest BCUT2D eigenvalue weighted by molar-refractivity contribution is 5.85. The first-order valence-electron chi connectivity index (χ1n) is 6.64. The van der Waals surface area contributed by atoms with Crippen LogP contribution in [0.1, 0.15) is 44.1 Å². The third kappa shape index (κ3) is 1.82. The molecular formula is C15H18FNO. The van der Waals surface area contributed by atoms with E-state index in [1.165, 1.54) is 25.0 Å². The molecule has 1 unspecified atom stereocenters.